The largest absolute Gasteiger partial charge is 0.464 e. The second-order valence-corrected chi connectivity index (χ2v) is 4.91. The van der Waals surface area contributed by atoms with Gasteiger partial charge in [0.2, 0.25) is 6.04 Å². The number of rotatable bonds is 5. The number of para-hydroxylation sites is 1. The minimum atomic E-state index is -1.19. The lowest BCUT2D eigenvalue weighted by Crippen LogP contribution is -2.30. The number of aromatic nitrogens is 3. The summed E-state index contributed by atoms with van der Waals surface area (Å²) in [5.41, 5.74) is 1.64. The Bertz CT molecular complexity index is 842. The molecule has 1 heterocycles. The van der Waals surface area contributed by atoms with E-state index in [2.05, 4.69) is 10.3 Å². The molecule has 1 aromatic heterocycles. The third-order valence-electron chi connectivity index (χ3n) is 3.44. The van der Waals surface area contributed by atoms with Gasteiger partial charge in [0.25, 0.3) is 0 Å². The number of Topliss-reactive ketones (excluding diaryl/α,β-unsaturated/α-hetero) is 1. The van der Waals surface area contributed by atoms with E-state index in [1.807, 2.05) is 6.07 Å². The summed E-state index contributed by atoms with van der Waals surface area (Å²) in [6.07, 6.45) is 0. The van der Waals surface area contributed by atoms with Crippen molar-refractivity contribution in [2.24, 2.45) is 0 Å². The predicted octanol–water partition coefficient (Wildman–Crippen LogP) is 2.42. The minimum absolute atomic E-state index is 0.185. The minimum Gasteiger partial charge on any atom is -0.464 e. The van der Waals surface area contributed by atoms with E-state index in [1.54, 1.807) is 55.5 Å². The van der Waals surface area contributed by atoms with Gasteiger partial charge in [-0.3, -0.25) is 4.79 Å². The first-order valence-electron chi connectivity index (χ1n) is 7.28. The number of ether oxygens (including phenoxy) is 1. The average molecular weight is 309 g/mol. The molecule has 0 amide bonds. The molecule has 0 radical (unpaired) electrons. The zero-order valence-corrected chi connectivity index (χ0v) is 12.5. The van der Waals surface area contributed by atoms with Crippen molar-refractivity contribution >= 4 is 22.8 Å². The third-order valence-corrected chi connectivity index (χ3v) is 3.44. The quantitative estimate of drug-likeness (QED) is 0.411. The molecule has 0 spiro atoms. The van der Waals surface area contributed by atoms with Crippen LogP contribution in [-0.2, 0) is 9.53 Å². The Morgan fingerprint density at radius 1 is 1.09 bits per heavy atom. The molecule has 23 heavy (non-hydrogen) atoms. The Labute approximate surface area is 132 Å². The van der Waals surface area contributed by atoms with E-state index in [-0.39, 0.29) is 12.4 Å². The summed E-state index contributed by atoms with van der Waals surface area (Å²) in [5, 5.41) is 8.00. The molecule has 3 rings (SSSR count). The number of carbonyl (C=O) groups is 2. The lowest BCUT2D eigenvalue weighted by Gasteiger charge is -2.15. The van der Waals surface area contributed by atoms with E-state index in [0.717, 1.165) is 0 Å². The topological polar surface area (TPSA) is 74.1 Å². The molecule has 0 N–H and O–H groups in total. The first-order valence-corrected chi connectivity index (χ1v) is 7.28. The molecule has 0 aliphatic rings. The van der Waals surface area contributed by atoms with Crippen LogP contribution in [0, 0.1) is 0 Å². The summed E-state index contributed by atoms with van der Waals surface area (Å²) >= 11 is 0. The fraction of sp³-hybridized carbons (Fsp3) is 0.176. The maximum absolute atomic E-state index is 12.8. The SMILES string of the molecule is CCOC(=O)C(C(=O)c1ccccc1)n1nnc2ccccc21. The number of hydrogen-bond acceptors (Lipinski definition) is 5. The molecule has 0 aliphatic heterocycles. The summed E-state index contributed by atoms with van der Waals surface area (Å²) in [6, 6.07) is 14.6. The highest BCUT2D eigenvalue weighted by Crippen LogP contribution is 2.21. The van der Waals surface area contributed by atoms with Crippen LogP contribution >= 0.6 is 0 Å². The Morgan fingerprint density at radius 2 is 1.78 bits per heavy atom. The van der Waals surface area contributed by atoms with Gasteiger partial charge in [-0.15, -0.1) is 5.10 Å². The highest BCUT2D eigenvalue weighted by molar-refractivity contribution is 6.10. The highest BCUT2D eigenvalue weighted by Gasteiger charge is 2.33. The van der Waals surface area contributed by atoms with Crippen LogP contribution in [0.15, 0.2) is 54.6 Å². The number of hydrogen-bond donors (Lipinski definition) is 0. The van der Waals surface area contributed by atoms with Gasteiger partial charge in [-0.1, -0.05) is 47.7 Å². The Morgan fingerprint density at radius 3 is 2.52 bits per heavy atom. The van der Waals surface area contributed by atoms with Crippen LogP contribution in [0.3, 0.4) is 0 Å². The van der Waals surface area contributed by atoms with Gasteiger partial charge in [0.1, 0.15) is 5.52 Å². The maximum Gasteiger partial charge on any atom is 0.339 e. The van der Waals surface area contributed by atoms with Crippen molar-refractivity contribution in [1.29, 1.82) is 0 Å². The average Bonchev–Trinajstić information content (AvgIpc) is 3.00. The van der Waals surface area contributed by atoms with Crippen LogP contribution in [0.25, 0.3) is 11.0 Å². The first-order chi connectivity index (χ1) is 11.2. The fourth-order valence-corrected chi connectivity index (χ4v) is 2.38. The van der Waals surface area contributed by atoms with E-state index < -0.39 is 12.0 Å². The molecule has 0 aliphatic carbocycles. The van der Waals surface area contributed by atoms with Crippen LogP contribution < -0.4 is 0 Å². The Kier molecular flexibility index (Phi) is 4.14. The summed E-state index contributed by atoms with van der Waals surface area (Å²) in [6.45, 7) is 1.88. The molecule has 0 fully saturated rings. The van der Waals surface area contributed by atoms with Crippen LogP contribution in [0.5, 0.6) is 0 Å². The molecule has 0 saturated heterocycles. The lowest BCUT2D eigenvalue weighted by molar-refractivity contribution is -0.145. The van der Waals surface area contributed by atoms with Gasteiger partial charge < -0.3 is 4.74 Å². The number of benzene rings is 2. The Balaban J connectivity index is 2.09. The predicted molar refractivity (Wildman–Crippen MR) is 84.0 cm³/mol. The maximum atomic E-state index is 12.8. The van der Waals surface area contributed by atoms with Crippen LogP contribution in [0.1, 0.15) is 23.3 Å². The molecule has 0 bridgehead atoms. The monoisotopic (exact) mass is 309 g/mol. The third kappa shape index (κ3) is 2.83. The standard InChI is InChI=1S/C17H15N3O3/c1-2-23-17(22)15(16(21)12-8-4-3-5-9-12)20-14-11-7-6-10-13(14)18-19-20/h3-11,15H,2H2,1H3. The lowest BCUT2D eigenvalue weighted by atomic mass is 10.0. The molecule has 1 atom stereocenters. The van der Waals surface area contributed by atoms with Crippen molar-refractivity contribution in [1.82, 2.24) is 15.0 Å². The van der Waals surface area contributed by atoms with Crippen molar-refractivity contribution in [2.75, 3.05) is 6.61 Å². The summed E-state index contributed by atoms with van der Waals surface area (Å²) in [7, 11) is 0. The first kappa shape index (κ1) is 14.9. The summed E-state index contributed by atoms with van der Waals surface area (Å²) in [5.74, 6) is -1.02. The number of carbonyl (C=O) groups excluding carboxylic acids is 2. The van der Waals surface area contributed by atoms with E-state index in [4.69, 9.17) is 4.74 Å². The van der Waals surface area contributed by atoms with Gasteiger partial charge >= 0.3 is 5.97 Å². The van der Waals surface area contributed by atoms with E-state index in [1.165, 1.54) is 4.68 Å². The highest BCUT2D eigenvalue weighted by atomic mass is 16.5. The molecule has 6 heteroatoms. The molecular weight excluding hydrogens is 294 g/mol. The Hall–Kier alpha value is -3.02. The van der Waals surface area contributed by atoms with Gasteiger partial charge in [-0.2, -0.15) is 0 Å². The molecule has 0 saturated carbocycles. The van der Waals surface area contributed by atoms with Crippen molar-refractivity contribution in [3.63, 3.8) is 0 Å². The second-order valence-electron chi connectivity index (χ2n) is 4.91. The zero-order chi connectivity index (χ0) is 16.2. The zero-order valence-electron chi connectivity index (χ0n) is 12.5. The normalized spacial score (nSPS) is 12.0. The molecular formula is C17H15N3O3. The van der Waals surface area contributed by atoms with Crippen molar-refractivity contribution < 1.29 is 14.3 Å². The number of esters is 1. The molecule has 2 aromatic carbocycles. The van der Waals surface area contributed by atoms with Crippen molar-refractivity contribution in [2.45, 2.75) is 13.0 Å². The molecule has 1 unspecified atom stereocenters. The van der Waals surface area contributed by atoms with E-state index >= 15 is 0 Å². The number of fused-ring (bicyclic) bond motifs is 1. The molecule has 3 aromatic rings. The summed E-state index contributed by atoms with van der Waals surface area (Å²) < 4.78 is 6.39. The van der Waals surface area contributed by atoms with Gasteiger partial charge in [0.05, 0.1) is 12.1 Å². The van der Waals surface area contributed by atoms with Crippen molar-refractivity contribution in [3.05, 3.63) is 60.2 Å². The van der Waals surface area contributed by atoms with E-state index in [0.29, 0.717) is 16.6 Å². The van der Waals surface area contributed by atoms with Crippen LogP contribution in [0.4, 0.5) is 0 Å². The van der Waals surface area contributed by atoms with Gasteiger partial charge in [-0.05, 0) is 19.1 Å². The second kappa shape index (κ2) is 6.39. The smallest absolute Gasteiger partial charge is 0.339 e. The fourth-order valence-electron chi connectivity index (χ4n) is 2.38. The number of ketones is 1. The van der Waals surface area contributed by atoms with Gasteiger partial charge in [0, 0.05) is 5.56 Å². The van der Waals surface area contributed by atoms with Gasteiger partial charge in [0.15, 0.2) is 5.78 Å². The van der Waals surface area contributed by atoms with Crippen molar-refractivity contribution in [3.8, 4) is 0 Å². The summed E-state index contributed by atoms with van der Waals surface area (Å²) in [4.78, 5) is 25.2. The molecule has 6 nitrogen and oxygen atoms in total. The molecule has 116 valence electrons. The van der Waals surface area contributed by atoms with Gasteiger partial charge in [-0.25, -0.2) is 9.48 Å². The number of nitrogens with zero attached hydrogens (tertiary/aromatic N) is 3. The van der Waals surface area contributed by atoms with Crippen LogP contribution in [0.2, 0.25) is 0 Å². The van der Waals surface area contributed by atoms with Crippen LogP contribution in [-0.4, -0.2) is 33.4 Å². The van der Waals surface area contributed by atoms with E-state index in [9.17, 15) is 9.59 Å².